The van der Waals surface area contributed by atoms with E-state index in [4.69, 9.17) is 4.74 Å². The molecule has 1 aliphatic rings. The van der Waals surface area contributed by atoms with E-state index in [0.29, 0.717) is 6.61 Å². The zero-order valence-electron chi connectivity index (χ0n) is 14.1. The van der Waals surface area contributed by atoms with Gasteiger partial charge in [-0.2, -0.15) is 0 Å². The zero-order chi connectivity index (χ0) is 17.2. The third kappa shape index (κ3) is 5.63. The third-order valence-electron chi connectivity index (χ3n) is 4.12. The Balaban J connectivity index is 0.00000100. The quantitative estimate of drug-likeness (QED) is 0.327. The number of hydrogen-bond donors (Lipinski definition) is 1. The number of aromatic nitrogens is 1. The minimum atomic E-state index is -0.276. The Kier molecular flexibility index (Phi) is 8.32. The van der Waals surface area contributed by atoms with Crippen LogP contribution in [0.3, 0.4) is 0 Å². The number of likely N-dealkylation sites (tertiary alicyclic amines) is 1. The van der Waals surface area contributed by atoms with Crippen molar-refractivity contribution in [2.45, 2.75) is 19.3 Å². The highest BCUT2D eigenvalue weighted by molar-refractivity contribution is 14.1. The number of carbonyl (C=O) groups excluding carboxylic acids is 1. The molecule has 0 radical (unpaired) electrons. The van der Waals surface area contributed by atoms with Gasteiger partial charge in [0.1, 0.15) is 6.61 Å². The van der Waals surface area contributed by atoms with Gasteiger partial charge in [0.15, 0.2) is 0 Å². The van der Waals surface area contributed by atoms with E-state index in [1.807, 2.05) is 41.5 Å². The highest BCUT2D eigenvalue weighted by Crippen LogP contribution is 2.18. The SMILES string of the molecule is CI.O=C(/C=C/c1c[nH]c2ccccc12)OCCN1CCCCC1. The lowest BCUT2D eigenvalue weighted by molar-refractivity contribution is -0.138. The number of para-hydroxylation sites is 1. The van der Waals surface area contributed by atoms with Crippen LogP contribution in [0.25, 0.3) is 17.0 Å². The molecule has 0 amide bonds. The molecule has 0 bridgehead atoms. The first kappa shape index (κ1) is 19.0. The summed E-state index contributed by atoms with van der Waals surface area (Å²) >= 11 is 2.15. The fourth-order valence-electron chi connectivity index (χ4n) is 2.90. The lowest BCUT2D eigenvalue weighted by Gasteiger charge is -2.25. The highest BCUT2D eigenvalue weighted by atomic mass is 127. The highest BCUT2D eigenvalue weighted by Gasteiger charge is 2.10. The molecule has 0 unspecified atom stereocenters. The summed E-state index contributed by atoms with van der Waals surface area (Å²) in [7, 11) is 0. The molecule has 0 atom stereocenters. The molecule has 2 aromatic rings. The van der Waals surface area contributed by atoms with Crippen molar-refractivity contribution in [2.75, 3.05) is 31.2 Å². The smallest absolute Gasteiger partial charge is 0.330 e. The molecule has 2 heterocycles. The second-order valence-corrected chi connectivity index (χ2v) is 5.69. The lowest BCUT2D eigenvalue weighted by atomic mass is 10.1. The molecular weight excluding hydrogens is 415 g/mol. The van der Waals surface area contributed by atoms with E-state index in [0.717, 1.165) is 36.1 Å². The first-order valence-corrected chi connectivity index (χ1v) is 10.5. The molecular formula is C19H25IN2O2. The van der Waals surface area contributed by atoms with Gasteiger partial charge in [0.2, 0.25) is 0 Å². The maximum Gasteiger partial charge on any atom is 0.330 e. The van der Waals surface area contributed by atoms with Crippen molar-refractivity contribution >= 4 is 45.5 Å². The van der Waals surface area contributed by atoms with Gasteiger partial charge in [-0.15, -0.1) is 0 Å². The molecule has 4 nitrogen and oxygen atoms in total. The molecule has 1 fully saturated rings. The number of rotatable bonds is 5. The number of hydrogen-bond acceptors (Lipinski definition) is 3. The monoisotopic (exact) mass is 440 g/mol. The van der Waals surface area contributed by atoms with Crippen molar-refractivity contribution in [3.8, 4) is 0 Å². The van der Waals surface area contributed by atoms with Gasteiger partial charge in [-0.3, -0.25) is 4.90 Å². The Morgan fingerprint density at radius 2 is 2.00 bits per heavy atom. The molecule has 0 aliphatic carbocycles. The summed E-state index contributed by atoms with van der Waals surface area (Å²) in [5.74, 6) is -0.276. The number of nitrogens with zero attached hydrogens (tertiary/aromatic N) is 1. The molecule has 0 saturated carbocycles. The number of piperidine rings is 1. The molecule has 1 aromatic carbocycles. The zero-order valence-corrected chi connectivity index (χ0v) is 16.3. The number of fused-ring (bicyclic) bond motifs is 1. The van der Waals surface area contributed by atoms with Gasteiger partial charge in [0.05, 0.1) is 0 Å². The normalized spacial score (nSPS) is 15.2. The Morgan fingerprint density at radius 3 is 2.79 bits per heavy atom. The predicted octanol–water partition coefficient (Wildman–Crippen LogP) is 4.26. The number of nitrogens with one attached hydrogen (secondary N) is 1. The first-order valence-electron chi connectivity index (χ1n) is 8.34. The van der Waals surface area contributed by atoms with E-state index >= 15 is 0 Å². The van der Waals surface area contributed by atoms with E-state index < -0.39 is 0 Å². The van der Waals surface area contributed by atoms with Crippen molar-refractivity contribution in [3.63, 3.8) is 0 Å². The number of halogens is 1. The number of ether oxygens (including phenoxy) is 1. The third-order valence-corrected chi connectivity index (χ3v) is 4.12. The van der Waals surface area contributed by atoms with E-state index in [-0.39, 0.29) is 5.97 Å². The Morgan fingerprint density at radius 1 is 1.25 bits per heavy atom. The summed E-state index contributed by atoms with van der Waals surface area (Å²) in [4.78, 5) is 19.3. The van der Waals surface area contributed by atoms with Gasteiger partial charge in [-0.25, -0.2) is 4.79 Å². The van der Waals surface area contributed by atoms with Crippen molar-refractivity contribution in [1.29, 1.82) is 0 Å². The number of carbonyl (C=O) groups is 1. The van der Waals surface area contributed by atoms with E-state index in [2.05, 4.69) is 32.5 Å². The van der Waals surface area contributed by atoms with E-state index in [1.165, 1.54) is 25.3 Å². The van der Waals surface area contributed by atoms with Crippen LogP contribution in [0.15, 0.2) is 36.5 Å². The standard InChI is InChI=1S/C18H22N2O2.CH3I/c21-18(22-13-12-20-10-4-1-5-11-20)9-8-15-14-19-17-7-3-2-6-16(15)17;1-2/h2-3,6-9,14,19H,1,4-5,10-13H2;1H3/b9-8+;. The van der Waals surface area contributed by atoms with Gasteiger partial charge in [-0.05, 0) is 43.0 Å². The summed E-state index contributed by atoms with van der Waals surface area (Å²) in [5, 5.41) is 1.11. The van der Waals surface area contributed by atoms with Crippen LogP contribution in [0, 0.1) is 0 Å². The minimum absolute atomic E-state index is 0.276. The van der Waals surface area contributed by atoms with Gasteiger partial charge < -0.3 is 9.72 Å². The lowest BCUT2D eigenvalue weighted by Crippen LogP contribution is -2.33. The van der Waals surface area contributed by atoms with Gasteiger partial charge in [0.25, 0.3) is 0 Å². The largest absolute Gasteiger partial charge is 0.461 e. The van der Waals surface area contributed by atoms with Crippen LogP contribution in [-0.2, 0) is 9.53 Å². The minimum Gasteiger partial charge on any atom is -0.461 e. The molecule has 3 rings (SSSR count). The van der Waals surface area contributed by atoms with Crippen LogP contribution in [0.2, 0.25) is 0 Å². The van der Waals surface area contributed by atoms with Crippen LogP contribution in [0.1, 0.15) is 24.8 Å². The van der Waals surface area contributed by atoms with Crippen molar-refractivity contribution in [1.82, 2.24) is 9.88 Å². The van der Waals surface area contributed by atoms with Gasteiger partial charge in [0, 0.05) is 35.3 Å². The summed E-state index contributed by atoms with van der Waals surface area (Å²) < 4.78 is 5.28. The Labute approximate surface area is 157 Å². The van der Waals surface area contributed by atoms with Crippen LogP contribution in [0.4, 0.5) is 0 Å². The molecule has 130 valence electrons. The number of alkyl halides is 1. The topological polar surface area (TPSA) is 45.3 Å². The summed E-state index contributed by atoms with van der Waals surface area (Å²) in [5.41, 5.74) is 2.07. The van der Waals surface area contributed by atoms with E-state index in [1.54, 1.807) is 0 Å². The first-order chi connectivity index (χ1) is 11.8. The molecule has 1 saturated heterocycles. The molecule has 5 heteroatoms. The van der Waals surface area contributed by atoms with Crippen molar-refractivity contribution < 1.29 is 9.53 Å². The molecule has 1 aromatic heterocycles. The van der Waals surface area contributed by atoms with Crippen LogP contribution < -0.4 is 0 Å². The fraction of sp³-hybridized carbons (Fsp3) is 0.421. The molecule has 24 heavy (non-hydrogen) atoms. The van der Waals surface area contributed by atoms with Gasteiger partial charge in [-0.1, -0.05) is 47.2 Å². The van der Waals surface area contributed by atoms with Crippen LogP contribution >= 0.6 is 22.6 Å². The van der Waals surface area contributed by atoms with E-state index in [9.17, 15) is 4.79 Å². The number of benzene rings is 1. The van der Waals surface area contributed by atoms with Crippen LogP contribution in [0.5, 0.6) is 0 Å². The van der Waals surface area contributed by atoms with Crippen molar-refractivity contribution in [2.24, 2.45) is 0 Å². The average molecular weight is 440 g/mol. The summed E-state index contributed by atoms with van der Waals surface area (Å²) in [6.07, 6.45) is 9.06. The Hall–Kier alpha value is -1.34. The maximum absolute atomic E-state index is 11.8. The second-order valence-electron chi connectivity index (χ2n) is 5.69. The molecule has 1 N–H and O–H groups in total. The van der Waals surface area contributed by atoms with Gasteiger partial charge >= 0.3 is 5.97 Å². The second kappa shape index (κ2) is 10.5. The summed E-state index contributed by atoms with van der Waals surface area (Å²) in [6.45, 7) is 3.56. The number of esters is 1. The molecule has 0 spiro atoms. The van der Waals surface area contributed by atoms with Crippen LogP contribution in [-0.4, -0.2) is 47.0 Å². The average Bonchev–Trinajstić information content (AvgIpc) is 3.06. The van der Waals surface area contributed by atoms with Crippen molar-refractivity contribution in [3.05, 3.63) is 42.1 Å². The Bertz CT molecular complexity index is 660. The fourth-order valence-corrected chi connectivity index (χ4v) is 2.90. The number of H-pyrrole nitrogens is 1. The summed E-state index contributed by atoms with van der Waals surface area (Å²) in [6, 6.07) is 8.03. The maximum atomic E-state index is 11.8. The predicted molar refractivity (Wildman–Crippen MR) is 109 cm³/mol. The molecule has 1 aliphatic heterocycles. The number of aromatic amines is 1.